The van der Waals surface area contributed by atoms with Crippen LogP contribution in [0.3, 0.4) is 0 Å². The van der Waals surface area contributed by atoms with Crippen molar-refractivity contribution in [3.8, 4) is 0 Å². The van der Waals surface area contributed by atoms with Gasteiger partial charge < -0.3 is 10.6 Å². The van der Waals surface area contributed by atoms with Gasteiger partial charge in [0.25, 0.3) is 0 Å². The van der Waals surface area contributed by atoms with Gasteiger partial charge in [-0.2, -0.15) is 0 Å². The number of hydrogen-bond acceptors (Lipinski definition) is 2. The third-order valence-electron chi connectivity index (χ3n) is 3.77. The van der Waals surface area contributed by atoms with E-state index >= 15 is 0 Å². The predicted molar refractivity (Wildman–Crippen MR) is 60.5 cm³/mol. The molecule has 15 heavy (non-hydrogen) atoms. The highest BCUT2D eigenvalue weighted by Gasteiger charge is 2.45. The molecule has 1 saturated carbocycles. The number of nitrogens with one attached hydrogen (secondary N) is 2. The van der Waals surface area contributed by atoms with Crippen LogP contribution < -0.4 is 10.6 Å². The summed E-state index contributed by atoms with van der Waals surface area (Å²) in [5, 5.41) is 6.17. The van der Waals surface area contributed by atoms with Gasteiger partial charge in [0, 0.05) is 25.2 Å². The number of hydrogen-bond donors (Lipinski definition) is 2. The van der Waals surface area contributed by atoms with Crippen molar-refractivity contribution in [1.82, 2.24) is 10.6 Å². The summed E-state index contributed by atoms with van der Waals surface area (Å²) in [7, 11) is 0. The second-order valence-corrected chi connectivity index (χ2v) is 5.43. The van der Waals surface area contributed by atoms with Gasteiger partial charge in [0.05, 0.1) is 0 Å². The van der Waals surface area contributed by atoms with Gasteiger partial charge in [-0.05, 0) is 30.3 Å². The number of carbonyl (C=O) groups is 1. The molecule has 3 heteroatoms. The van der Waals surface area contributed by atoms with Gasteiger partial charge in [-0.25, -0.2) is 0 Å². The first-order chi connectivity index (χ1) is 7.00. The molecule has 1 heterocycles. The Labute approximate surface area is 91.3 Å². The number of amides is 1. The Balaban J connectivity index is 1.78. The summed E-state index contributed by atoms with van der Waals surface area (Å²) < 4.78 is 0. The molecule has 0 aromatic carbocycles. The topological polar surface area (TPSA) is 41.1 Å². The molecular weight excluding hydrogens is 188 g/mol. The van der Waals surface area contributed by atoms with Gasteiger partial charge in [0.2, 0.25) is 5.91 Å². The molecule has 0 bridgehead atoms. The summed E-state index contributed by atoms with van der Waals surface area (Å²) in [6.45, 7) is 9.03. The average molecular weight is 208 g/mol. The van der Waals surface area contributed by atoms with Gasteiger partial charge in [0.15, 0.2) is 0 Å². The largest absolute Gasteiger partial charge is 0.352 e. The van der Waals surface area contributed by atoms with Crippen molar-refractivity contribution in [3.05, 3.63) is 11.1 Å². The zero-order valence-corrected chi connectivity index (χ0v) is 9.81. The highest BCUT2D eigenvalue weighted by atomic mass is 16.1. The van der Waals surface area contributed by atoms with Crippen molar-refractivity contribution in [1.29, 1.82) is 0 Å². The summed E-state index contributed by atoms with van der Waals surface area (Å²) in [6.07, 6.45) is 1.24. The highest BCUT2D eigenvalue weighted by Crippen LogP contribution is 2.50. The fraction of sp³-hybridized carbons (Fsp3) is 0.750. The normalized spacial score (nSPS) is 26.9. The molecule has 2 rings (SSSR count). The molecule has 0 aromatic heterocycles. The Kier molecular flexibility index (Phi) is 2.59. The summed E-state index contributed by atoms with van der Waals surface area (Å²) in [5.74, 6) is 0.799. The molecule has 1 atom stereocenters. The van der Waals surface area contributed by atoms with E-state index in [-0.39, 0.29) is 5.91 Å². The molecule has 0 spiro atoms. The van der Waals surface area contributed by atoms with Gasteiger partial charge in [-0.3, -0.25) is 4.79 Å². The summed E-state index contributed by atoms with van der Waals surface area (Å²) in [5.41, 5.74) is 2.61. The van der Waals surface area contributed by atoms with Crippen LogP contribution >= 0.6 is 0 Å². The van der Waals surface area contributed by atoms with E-state index in [1.54, 1.807) is 0 Å². The molecule has 2 aliphatic rings. The quantitative estimate of drug-likeness (QED) is 0.681. The van der Waals surface area contributed by atoms with E-state index in [0.717, 1.165) is 25.2 Å². The number of rotatable bonds is 3. The van der Waals surface area contributed by atoms with Gasteiger partial charge in [-0.15, -0.1) is 0 Å². The fourth-order valence-corrected chi connectivity index (χ4v) is 1.95. The Morgan fingerprint density at radius 2 is 2.13 bits per heavy atom. The van der Waals surface area contributed by atoms with Crippen molar-refractivity contribution in [2.24, 2.45) is 11.3 Å². The molecule has 1 aliphatic carbocycles. The van der Waals surface area contributed by atoms with Crippen LogP contribution in [0.2, 0.25) is 0 Å². The van der Waals surface area contributed by atoms with E-state index < -0.39 is 0 Å². The first kappa shape index (κ1) is 10.7. The van der Waals surface area contributed by atoms with E-state index in [1.807, 2.05) is 6.92 Å². The molecule has 3 nitrogen and oxygen atoms in total. The average Bonchev–Trinajstić information content (AvgIpc) is 2.67. The van der Waals surface area contributed by atoms with Gasteiger partial charge >= 0.3 is 0 Å². The van der Waals surface area contributed by atoms with E-state index in [0.29, 0.717) is 11.3 Å². The van der Waals surface area contributed by atoms with E-state index in [4.69, 9.17) is 0 Å². The molecule has 1 amide bonds. The van der Waals surface area contributed by atoms with Crippen LogP contribution in [-0.2, 0) is 4.79 Å². The first-order valence-electron chi connectivity index (χ1n) is 5.68. The molecular formula is C12H20N2O. The molecule has 1 aliphatic heterocycles. The minimum Gasteiger partial charge on any atom is -0.352 e. The third-order valence-corrected chi connectivity index (χ3v) is 3.77. The Morgan fingerprint density at radius 3 is 2.53 bits per heavy atom. The van der Waals surface area contributed by atoms with Crippen LogP contribution in [0, 0.1) is 11.3 Å². The van der Waals surface area contributed by atoms with Crippen LogP contribution in [0.1, 0.15) is 27.2 Å². The minimum absolute atomic E-state index is 0.120. The lowest BCUT2D eigenvalue weighted by atomic mass is 10.0. The predicted octanol–water partition coefficient (Wildman–Crippen LogP) is 1.07. The Hall–Kier alpha value is -0.830. The van der Waals surface area contributed by atoms with Crippen molar-refractivity contribution >= 4 is 5.91 Å². The maximum Gasteiger partial charge on any atom is 0.246 e. The lowest BCUT2D eigenvalue weighted by Gasteiger charge is -2.21. The van der Waals surface area contributed by atoms with Gasteiger partial charge in [0.1, 0.15) is 0 Å². The van der Waals surface area contributed by atoms with Crippen molar-refractivity contribution in [2.45, 2.75) is 27.2 Å². The second kappa shape index (κ2) is 3.63. The Bertz CT molecular complexity index is 312. The molecule has 1 saturated heterocycles. The van der Waals surface area contributed by atoms with E-state index in [9.17, 15) is 4.79 Å². The summed E-state index contributed by atoms with van der Waals surface area (Å²) >= 11 is 0. The standard InChI is InChI=1S/C12H20N2O/c1-8(9-5-13-6-9)11(15)14-7-10-4-12(10,2)3/h10,13H,4-7H2,1-3H3,(H,14,15). The van der Waals surface area contributed by atoms with Crippen LogP contribution in [0.25, 0.3) is 0 Å². The van der Waals surface area contributed by atoms with E-state index in [1.165, 1.54) is 12.0 Å². The molecule has 0 radical (unpaired) electrons. The molecule has 2 fully saturated rings. The van der Waals surface area contributed by atoms with E-state index in [2.05, 4.69) is 24.5 Å². The van der Waals surface area contributed by atoms with Crippen LogP contribution in [-0.4, -0.2) is 25.5 Å². The van der Waals surface area contributed by atoms with Crippen LogP contribution in [0.5, 0.6) is 0 Å². The number of carbonyl (C=O) groups excluding carboxylic acids is 1. The Morgan fingerprint density at radius 1 is 1.53 bits per heavy atom. The fourth-order valence-electron chi connectivity index (χ4n) is 1.95. The summed E-state index contributed by atoms with van der Waals surface area (Å²) in [6, 6.07) is 0. The second-order valence-electron chi connectivity index (χ2n) is 5.43. The maximum atomic E-state index is 11.7. The highest BCUT2D eigenvalue weighted by molar-refractivity contribution is 5.93. The lowest BCUT2D eigenvalue weighted by Crippen LogP contribution is -2.38. The first-order valence-corrected chi connectivity index (χ1v) is 5.68. The smallest absolute Gasteiger partial charge is 0.246 e. The van der Waals surface area contributed by atoms with Crippen LogP contribution in [0.15, 0.2) is 11.1 Å². The molecule has 84 valence electrons. The summed E-state index contributed by atoms with van der Waals surface area (Å²) in [4.78, 5) is 11.7. The SMILES string of the molecule is CC(C(=O)NCC1CC1(C)C)=C1CNC1. The molecule has 1 unspecified atom stereocenters. The third kappa shape index (κ3) is 2.23. The van der Waals surface area contributed by atoms with Gasteiger partial charge in [-0.1, -0.05) is 13.8 Å². The molecule has 2 N–H and O–H groups in total. The maximum absolute atomic E-state index is 11.7. The zero-order chi connectivity index (χ0) is 11.1. The van der Waals surface area contributed by atoms with Crippen molar-refractivity contribution < 1.29 is 4.79 Å². The monoisotopic (exact) mass is 208 g/mol. The van der Waals surface area contributed by atoms with Crippen LogP contribution in [0.4, 0.5) is 0 Å². The minimum atomic E-state index is 0.120. The van der Waals surface area contributed by atoms with Crippen molar-refractivity contribution in [3.63, 3.8) is 0 Å². The molecule has 0 aromatic rings. The zero-order valence-electron chi connectivity index (χ0n) is 9.81. The van der Waals surface area contributed by atoms with Crippen molar-refractivity contribution in [2.75, 3.05) is 19.6 Å². The lowest BCUT2D eigenvalue weighted by molar-refractivity contribution is -0.117.